The number of nitrogens with one attached hydrogen (secondary N) is 1. The number of hydrogen-bond donors (Lipinski definition) is 1. The fourth-order valence-corrected chi connectivity index (χ4v) is 1.25. The molecule has 1 aromatic rings. The molecule has 0 saturated carbocycles. The van der Waals surface area contributed by atoms with E-state index < -0.39 is 5.97 Å². The van der Waals surface area contributed by atoms with Gasteiger partial charge in [0.15, 0.2) is 0 Å². The second kappa shape index (κ2) is 5.49. The first-order valence-corrected chi connectivity index (χ1v) is 5.18. The number of hydrogen-bond acceptors (Lipinski definition) is 3. The number of aryl methyl sites for hydroxylation is 1. The second-order valence-corrected chi connectivity index (χ2v) is 3.88. The number of halogens is 1. The molecule has 0 fully saturated rings. The van der Waals surface area contributed by atoms with Crippen LogP contribution in [0.3, 0.4) is 0 Å². The van der Waals surface area contributed by atoms with Gasteiger partial charge in [-0.25, -0.2) is 4.39 Å². The van der Waals surface area contributed by atoms with Crippen molar-refractivity contribution < 1.29 is 13.9 Å². The van der Waals surface area contributed by atoms with Crippen LogP contribution in [-0.2, 0) is 9.53 Å². The summed E-state index contributed by atoms with van der Waals surface area (Å²) in [5, 5.41) is 2.71. The lowest BCUT2D eigenvalue weighted by molar-refractivity contribution is -0.145. The Morgan fingerprint density at radius 1 is 1.50 bits per heavy atom. The van der Waals surface area contributed by atoms with Crippen molar-refractivity contribution in [1.29, 1.82) is 0 Å². The van der Waals surface area contributed by atoms with Gasteiger partial charge in [0.25, 0.3) is 0 Å². The summed E-state index contributed by atoms with van der Waals surface area (Å²) in [7, 11) is 0. The van der Waals surface area contributed by atoms with E-state index in [1.807, 2.05) is 6.92 Å². The molecule has 3 nitrogen and oxygen atoms in total. The number of carbonyl (C=O) groups is 1. The fraction of sp³-hybridized carbons (Fsp3) is 0.417. The zero-order valence-corrected chi connectivity index (χ0v) is 9.71. The van der Waals surface area contributed by atoms with Crippen LogP contribution in [-0.4, -0.2) is 18.6 Å². The Kier molecular flexibility index (Phi) is 4.28. The summed E-state index contributed by atoms with van der Waals surface area (Å²) in [5.41, 5.74) is 1.25. The van der Waals surface area contributed by atoms with Crippen molar-refractivity contribution in [2.75, 3.05) is 11.9 Å². The molecule has 0 amide bonds. The molecule has 1 N–H and O–H groups in total. The van der Waals surface area contributed by atoms with Gasteiger partial charge in [-0.15, -0.1) is 0 Å². The van der Waals surface area contributed by atoms with E-state index >= 15 is 0 Å². The van der Waals surface area contributed by atoms with E-state index in [9.17, 15) is 9.18 Å². The average Bonchev–Trinajstić information content (AvgIpc) is 2.18. The van der Waals surface area contributed by atoms with Gasteiger partial charge in [-0.3, -0.25) is 4.79 Å². The maximum absolute atomic E-state index is 13.3. The number of anilines is 1. The van der Waals surface area contributed by atoms with Crippen molar-refractivity contribution in [3.63, 3.8) is 0 Å². The summed E-state index contributed by atoms with van der Waals surface area (Å²) < 4.78 is 18.2. The zero-order chi connectivity index (χ0) is 12.1. The molecular formula is C12H16FNO2. The Morgan fingerprint density at radius 3 is 2.81 bits per heavy atom. The minimum atomic E-state index is -0.393. The van der Waals surface area contributed by atoms with Crippen molar-refractivity contribution >= 4 is 11.7 Å². The number of esters is 1. The van der Waals surface area contributed by atoms with E-state index in [4.69, 9.17) is 4.74 Å². The van der Waals surface area contributed by atoms with Gasteiger partial charge >= 0.3 is 5.97 Å². The van der Waals surface area contributed by atoms with Crippen LogP contribution in [0.1, 0.15) is 19.4 Å². The number of ether oxygens (including phenoxy) is 1. The number of benzene rings is 1. The van der Waals surface area contributed by atoms with Crippen LogP contribution in [0.4, 0.5) is 10.1 Å². The summed E-state index contributed by atoms with van der Waals surface area (Å²) in [4.78, 5) is 11.2. The minimum Gasteiger partial charge on any atom is -0.462 e. The van der Waals surface area contributed by atoms with Crippen LogP contribution >= 0.6 is 0 Å². The molecule has 0 saturated heterocycles. The third kappa shape index (κ3) is 3.88. The monoisotopic (exact) mass is 225 g/mol. The highest BCUT2D eigenvalue weighted by Crippen LogP contribution is 2.15. The smallest absolute Gasteiger partial charge is 0.325 e. The SMILES string of the molecule is Cc1ccc(F)c(NCC(=O)OC(C)C)c1. The molecule has 0 spiro atoms. The minimum absolute atomic E-state index is 0.0292. The normalized spacial score (nSPS) is 10.3. The van der Waals surface area contributed by atoms with Gasteiger partial charge in [0.05, 0.1) is 11.8 Å². The van der Waals surface area contributed by atoms with Crippen molar-refractivity contribution in [2.45, 2.75) is 26.9 Å². The van der Waals surface area contributed by atoms with E-state index in [0.29, 0.717) is 5.69 Å². The third-order valence-corrected chi connectivity index (χ3v) is 1.91. The molecular weight excluding hydrogens is 209 g/mol. The summed E-state index contributed by atoms with van der Waals surface area (Å²) in [6.07, 6.45) is -0.156. The molecule has 0 bridgehead atoms. The van der Waals surface area contributed by atoms with Crippen LogP contribution < -0.4 is 5.32 Å². The Labute approximate surface area is 94.6 Å². The molecule has 16 heavy (non-hydrogen) atoms. The lowest BCUT2D eigenvalue weighted by Crippen LogP contribution is -2.20. The van der Waals surface area contributed by atoms with Crippen molar-refractivity contribution in [2.24, 2.45) is 0 Å². The molecule has 0 aliphatic carbocycles. The molecule has 88 valence electrons. The molecule has 0 unspecified atom stereocenters. The molecule has 0 aromatic heterocycles. The van der Waals surface area contributed by atoms with Crippen molar-refractivity contribution in [3.8, 4) is 0 Å². The average molecular weight is 225 g/mol. The number of rotatable bonds is 4. The summed E-state index contributed by atoms with van der Waals surface area (Å²) in [6, 6.07) is 4.69. The van der Waals surface area contributed by atoms with Gasteiger partial charge in [-0.2, -0.15) is 0 Å². The van der Waals surface area contributed by atoms with Gasteiger partial charge < -0.3 is 10.1 Å². The molecule has 1 aromatic carbocycles. The van der Waals surface area contributed by atoms with Crippen LogP contribution in [0, 0.1) is 12.7 Å². The van der Waals surface area contributed by atoms with E-state index in [-0.39, 0.29) is 18.5 Å². The maximum atomic E-state index is 13.3. The molecule has 0 aliphatic rings. The first-order chi connectivity index (χ1) is 7.49. The highest BCUT2D eigenvalue weighted by atomic mass is 19.1. The lowest BCUT2D eigenvalue weighted by Gasteiger charge is -2.10. The Balaban J connectivity index is 2.54. The highest BCUT2D eigenvalue weighted by Gasteiger charge is 2.07. The Morgan fingerprint density at radius 2 is 2.19 bits per heavy atom. The van der Waals surface area contributed by atoms with Gasteiger partial charge in [-0.05, 0) is 38.5 Å². The standard InChI is InChI=1S/C12H16FNO2/c1-8(2)16-12(15)7-14-11-6-9(3)4-5-10(11)13/h4-6,8,14H,7H2,1-3H3. The topological polar surface area (TPSA) is 38.3 Å². The Bertz CT molecular complexity index is 377. The first kappa shape index (κ1) is 12.5. The molecule has 0 radical (unpaired) electrons. The van der Waals surface area contributed by atoms with Crippen molar-refractivity contribution in [1.82, 2.24) is 0 Å². The first-order valence-electron chi connectivity index (χ1n) is 5.18. The Hall–Kier alpha value is -1.58. The molecule has 0 aliphatic heterocycles. The van der Waals surface area contributed by atoms with Crippen LogP contribution in [0.5, 0.6) is 0 Å². The van der Waals surface area contributed by atoms with E-state index in [2.05, 4.69) is 5.32 Å². The molecule has 1 rings (SSSR count). The van der Waals surface area contributed by atoms with Crippen molar-refractivity contribution in [3.05, 3.63) is 29.6 Å². The zero-order valence-electron chi connectivity index (χ0n) is 9.71. The lowest BCUT2D eigenvalue weighted by atomic mass is 10.2. The van der Waals surface area contributed by atoms with Gasteiger partial charge in [0, 0.05) is 0 Å². The van der Waals surface area contributed by atoms with Gasteiger partial charge in [0.1, 0.15) is 12.4 Å². The predicted octanol–water partition coefficient (Wildman–Crippen LogP) is 2.50. The van der Waals surface area contributed by atoms with E-state index in [1.54, 1.807) is 26.0 Å². The van der Waals surface area contributed by atoms with Crippen LogP contribution in [0.25, 0.3) is 0 Å². The predicted molar refractivity (Wildman–Crippen MR) is 60.9 cm³/mol. The summed E-state index contributed by atoms with van der Waals surface area (Å²) in [5.74, 6) is -0.765. The summed E-state index contributed by atoms with van der Waals surface area (Å²) in [6.45, 7) is 5.37. The van der Waals surface area contributed by atoms with Crippen LogP contribution in [0.15, 0.2) is 18.2 Å². The quantitative estimate of drug-likeness (QED) is 0.800. The van der Waals surface area contributed by atoms with Gasteiger partial charge in [0.2, 0.25) is 0 Å². The third-order valence-electron chi connectivity index (χ3n) is 1.91. The van der Waals surface area contributed by atoms with E-state index in [1.165, 1.54) is 6.07 Å². The van der Waals surface area contributed by atoms with E-state index in [0.717, 1.165) is 5.56 Å². The molecule has 0 atom stereocenters. The highest BCUT2D eigenvalue weighted by molar-refractivity contribution is 5.75. The van der Waals surface area contributed by atoms with Gasteiger partial charge in [-0.1, -0.05) is 6.07 Å². The number of carbonyl (C=O) groups excluding carboxylic acids is 1. The van der Waals surface area contributed by atoms with Crippen LogP contribution in [0.2, 0.25) is 0 Å². The largest absolute Gasteiger partial charge is 0.462 e. The second-order valence-electron chi connectivity index (χ2n) is 3.88. The summed E-state index contributed by atoms with van der Waals surface area (Å²) >= 11 is 0. The molecule has 0 heterocycles. The molecule has 4 heteroatoms. The fourth-order valence-electron chi connectivity index (χ4n) is 1.25. The maximum Gasteiger partial charge on any atom is 0.325 e.